The summed E-state index contributed by atoms with van der Waals surface area (Å²) in [6.07, 6.45) is 0. The van der Waals surface area contributed by atoms with E-state index in [1.165, 1.54) is 13.0 Å². The molecule has 0 fully saturated rings. The van der Waals surface area contributed by atoms with Crippen LogP contribution in [0.15, 0.2) is 45.4 Å². The van der Waals surface area contributed by atoms with Gasteiger partial charge in [0.2, 0.25) is 17.6 Å². The summed E-state index contributed by atoms with van der Waals surface area (Å²) in [7, 11) is -3.86. The number of hydrogen-bond acceptors (Lipinski definition) is 8. The van der Waals surface area contributed by atoms with Crippen LogP contribution in [0.3, 0.4) is 0 Å². The van der Waals surface area contributed by atoms with Crippen LogP contribution in [0.1, 0.15) is 18.6 Å². The number of aromatic nitrogens is 3. The third-order valence-electron chi connectivity index (χ3n) is 3.61. The monoisotopic (exact) mass is 376 g/mol. The molecule has 9 nitrogen and oxygen atoms in total. The van der Waals surface area contributed by atoms with Crippen LogP contribution < -0.4 is 5.32 Å². The van der Waals surface area contributed by atoms with Gasteiger partial charge in [0.05, 0.1) is 0 Å². The minimum absolute atomic E-state index is 0.0826. The number of sulfone groups is 1. The van der Waals surface area contributed by atoms with E-state index in [1.54, 1.807) is 31.2 Å². The summed E-state index contributed by atoms with van der Waals surface area (Å²) in [5, 5.41) is 8.44. The zero-order chi connectivity index (χ0) is 18.7. The molecule has 3 aromatic rings. The highest BCUT2D eigenvalue weighted by atomic mass is 32.2. The molecule has 0 saturated carbocycles. The van der Waals surface area contributed by atoms with Crippen molar-refractivity contribution < 1.29 is 22.3 Å². The van der Waals surface area contributed by atoms with E-state index in [9.17, 15) is 13.2 Å². The van der Waals surface area contributed by atoms with Gasteiger partial charge in [0.1, 0.15) is 16.8 Å². The Bertz CT molecular complexity index is 1010. The minimum Gasteiger partial charge on any atom is -0.360 e. The standard InChI is InChI=1S/C16H16N4O5S/c1-10-8-13(19-24-10)17-16(21)11(2)26(22,23)9-14-18-15(20-25-14)12-6-4-3-5-7-12/h3-8,11H,9H2,1-2H3,(H,17,19,21). The van der Waals surface area contributed by atoms with Crippen molar-refractivity contribution in [3.05, 3.63) is 48.0 Å². The Morgan fingerprint density at radius 2 is 1.92 bits per heavy atom. The van der Waals surface area contributed by atoms with Crippen molar-refractivity contribution in [1.29, 1.82) is 0 Å². The molecule has 2 heterocycles. The molecule has 3 rings (SSSR count). The first-order valence-corrected chi connectivity index (χ1v) is 9.40. The summed E-state index contributed by atoms with van der Waals surface area (Å²) in [4.78, 5) is 16.2. The summed E-state index contributed by atoms with van der Waals surface area (Å²) in [6.45, 7) is 2.94. The van der Waals surface area contributed by atoms with Gasteiger partial charge in [-0.3, -0.25) is 4.79 Å². The molecule has 0 spiro atoms. The van der Waals surface area contributed by atoms with Crippen molar-refractivity contribution in [3.8, 4) is 11.4 Å². The number of carbonyl (C=O) groups is 1. The van der Waals surface area contributed by atoms with Crippen molar-refractivity contribution in [2.45, 2.75) is 24.9 Å². The van der Waals surface area contributed by atoms with Gasteiger partial charge in [-0.05, 0) is 13.8 Å². The molecule has 0 aliphatic carbocycles. The van der Waals surface area contributed by atoms with Crippen LogP contribution in [-0.2, 0) is 20.4 Å². The molecule has 0 aliphatic rings. The third-order valence-corrected chi connectivity index (χ3v) is 5.55. The van der Waals surface area contributed by atoms with E-state index in [-0.39, 0.29) is 17.5 Å². The molecule has 10 heteroatoms. The van der Waals surface area contributed by atoms with Crippen molar-refractivity contribution in [2.75, 3.05) is 5.32 Å². The van der Waals surface area contributed by atoms with E-state index in [0.29, 0.717) is 11.3 Å². The number of amides is 1. The molecule has 2 aromatic heterocycles. The first-order chi connectivity index (χ1) is 12.3. The van der Waals surface area contributed by atoms with Gasteiger partial charge >= 0.3 is 0 Å². The van der Waals surface area contributed by atoms with Crippen LogP contribution in [0.25, 0.3) is 11.4 Å². The molecule has 1 amide bonds. The molecule has 0 saturated heterocycles. The highest BCUT2D eigenvalue weighted by Crippen LogP contribution is 2.18. The summed E-state index contributed by atoms with van der Waals surface area (Å²) < 4.78 is 34.7. The number of rotatable bonds is 6. The Hall–Kier alpha value is -3.01. The molecule has 0 radical (unpaired) electrons. The highest BCUT2D eigenvalue weighted by molar-refractivity contribution is 7.92. The summed E-state index contributed by atoms with van der Waals surface area (Å²) >= 11 is 0. The van der Waals surface area contributed by atoms with Gasteiger partial charge in [-0.25, -0.2) is 8.42 Å². The first kappa shape index (κ1) is 17.8. The average Bonchev–Trinajstić information content (AvgIpc) is 3.23. The number of benzene rings is 1. The second-order valence-electron chi connectivity index (χ2n) is 5.64. The van der Waals surface area contributed by atoms with Crippen LogP contribution >= 0.6 is 0 Å². The van der Waals surface area contributed by atoms with Gasteiger partial charge in [-0.15, -0.1) is 0 Å². The van der Waals surface area contributed by atoms with Crippen LogP contribution in [-0.4, -0.2) is 34.9 Å². The van der Waals surface area contributed by atoms with Gasteiger partial charge in [0.25, 0.3) is 0 Å². The zero-order valence-corrected chi connectivity index (χ0v) is 14.9. The molecule has 1 unspecified atom stereocenters. The van der Waals surface area contributed by atoms with Crippen LogP contribution in [0.2, 0.25) is 0 Å². The van der Waals surface area contributed by atoms with E-state index >= 15 is 0 Å². The Kier molecular flexibility index (Phi) is 4.85. The second-order valence-corrected chi connectivity index (χ2v) is 7.96. The van der Waals surface area contributed by atoms with E-state index in [2.05, 4.69) is 20.6 Å². The average molecular weight is 376 g/mol. The van der Waals surface area contributed by atoms with Gasteiger partial charge in [-0.1, -0.05) is 40.6 Å². The Morgan fingerprint density at radius 3 is 2.58 bits per heavy atom. The summed E-state index contributed by atoms with van der Waals surface area (Å²) in [5.41, 5.74) is 0.701. The smallest absolute Gasteiger partial charge is 0.243 e. The lowest BCUT2D eigenvalue weighted by Crippen LogP contribution is -2.33. The molecule has 1 N–H and O–H groups in total. The molecular weight excluding hydrogens is 360 g/mol. The summed E-state index contributed by atoms with van der Waals surface area (Å²) in [6, 6.07) is 10.5. The fraction of sp³-hybridized carbons (Fsp3) is 0.250. The minimum atomic E-state index is -3.86. The maximum Gasteiger partial charge on any atom is 0.243 e. The number of hydrogen-bond donors (Lipinski definition) is 1. The highest BCUT2D eigenvalue weighted by Gasteiger charge is 2.31. The molecule has 136 valence electrons. The fourth-order valence-corrected chi connectivity index (χ4v) is 3.23. The number of nitrogens with zero attached hydrogens (tertiary/aromatic N) is 3. The number of carbonyl (C=O) groups excluding carboxylic acids is 1. The third kappa shape index (κ3) is 3.97. The van der Waals surface area contributed by atoms with E-state index < -0.39 is 26.7 Å². The normalized spacial score (nSPS) is 12.7. The lowest BCUT2D eigenvalue weighted by Gasteiger charge is -2.10. The Labute approximate surface area is 149 Å². The second kappa shape index (κ2) is 7.08. The molecular formula is C16H16N4O5S. The number of anilines is 1. The lowest BCUT2D eigenvalue weighted by molar-refractivity contribution is -0.115. The molecule has 1 atom stereocenters. The first-order valence-electron chi connectivity index (χ1n) is 7.69. The number of aryl methyl sites for hydroxylation is 1. The summed E-state index contributed by atoms with van der Waals surface area (Å²) in [5.74, 6) is -0.416. The maximum atomic E-state index is 12.5. The fourth-order valence-electron chi connectivity index (χ4n) is 2.13. The topological polar surface area (TPSA) is 128 Å². The van der Waals surface area contributed by atoms with E-state index in [4.69, 9.17) is 9.05 Å². The van der Waals surface area contributed by atoms with Gasteiger partial charge < -0.3 is 14.4 Å². The Balaban J connectivity index is 1.70. The Morgan fingerprint density at radius 1 is 1.19 bits per heavy atom. The van der Waals surface area contributed by atoms with Crippen LogP contribution in [0, 0.1) is 6.92 Å². The molecule has 0 aliphatic heterocycles. The van der Waals surface area contributed by atoms with Crippen LogP contribution in [0.4, 0.5) is 5.82 Å². The van der Waals surface area contributed by atoms with Gasteiger partial charge in [0.15, 0.2) is 15.7 Å². The predicted octanol–water partition coefficient (Wildman–Crippen LogP) is 1.98. The van der Waals surface area contributed by atoms with Crippen molar-refractivity contribution in [2.24, 2.45) is 0 Å². The van der Waals surface area contributed by atoms with E-state index in [0.717, 1.165) is 0 Å². The molecule has 26 heavy (non-hydrogen) atoms. The molecule has 1 aromatic carbocycles. The molecule has 0 bridgehead atoms. The van der Waals surface area contributed by atoms with Crippen molar-refractivity contribution >= 4 is 21.6 Å². The van der Waals surface area contributed by atoms with Crippen LogP contribution in [0.5, 0.6) is 0 Å². The van der Waals surface area contributed by atoms with Crippen molar-refractivity contribution in [1.82, 2.24) is 15.3 Å². The largest absolute Gasteiger partial charge is 0.360 e. The zero-order valence-electron chi connectivity index (χ0n) is 14.0. The quantitative estimate of drug-likeness (QED) is 0.691. The predicted molar refractivity (Wildman–Crippen MR) is 91.7 cm³/mol. The van der Waals surface area contributed by atoms with Crippen molar-refractivity contribution in [3.63, 3.8) is 0 Å². The van der Waals surface area contributed by atoms with Gasteiger partial charge in [0, 0.05) is 11.6 Å². The van der Waals surface area contributed by atoms with E-state index in [1.807, 2.05) is 6.07 Å². The van der Waals surface area contributed by atoms with Gasteiger partial charge in [-0.2, -0.15) is 4.98 Å². The maximum absolute atomic E-state index is 12.5. The lowest BCUT2D eigenvalue weighted by atomic mass is 10.2. The number of nitrogens with one attached hydrogen (secondary N) is 1. The SMILES string of the molecule is Cc1cc(NC(=O)C(C)S(=O)(=O)Cc2nc(-c3ccccc3)no2)no1.